The summed E-state index contributed by atoms with van der Waals surface area (Å²) in [6.45, 7) is 5.87. The predicted octanol–water partition coefficient (Wildman–Crippen LogP) is 14.2. The van der Waals surface area contributed by atoms with Crippen molar-refractivity contribution in [3.8, 4) is 0 Å². The Balaban J connectivity index is 0.000000317. The molecular formula is C62H71N3O4S4. The van der Waals surface area contributed by atoms with Crippen molar-refractivity contribution in [2.24, 2.45) is 11.5 Å². The first kappa shape index (κ1) is 62.8. The number of amides is 2. The number of nitrogens with two attached hydrogens (primary N) is 2. The van der Waals surface area contributed by atoms with Crippen molar-refractivity contribution in [2.45, 2.75) is 43.3 Å². The standard InChI is InChI=1S/C16H16OS.C15H15NOS.C14H14.C13H12O.C2H5NOS.C2H6S.H3N/c1-13(17)12-18-16(14-8-4-2-5-9-14)15-10-6-3-7-11-15;16-14(17)11-18-15(12-7-3-1-4-8-12)13-9-5-2-6-10-13;1-12(13-8-4-2-5-9-13)14-10-6-3-7-11-14;14-13(11-7-3-1-4-8-11)12-9-5-2-6-10-12;3-2(4)1-5;1-2-3;/h2-11,16H,12H2,1H3;1-10,15H,11H2,(H2,16,17);2-12H,1H3;1-10,13-14H;5H,1H2,(H2,3,4);3H,2H2,1H3;1H3. The minimum Gasteiger partial charge on any atom is -0.384 e. The maximum absolute atomic E-state index is 11.2. The highest BCUT2D eigenvalue weighted by Gasteiger charge is 2.16. The van der Waals surface area contributed by atoms with Gasteiger partial charge in [0.15, 0.2) is 0 Å². The highest BCUT2D eigenvalue weighted by Crippen LogP contribution is 2.36. The van der Waals surface area contributed by atoms with Crippen LogP contribution < -0.4 is 17.6 Å². The lowest BCUT2D eigenvalue weighted by atomic mass is 9.93. The van der Waals surface area contributed by atoms with E-state index in [-0.39, 0.29) is 40.0 Å². The second kappa shape index (κ2) is 38.3. The van der Waals surface area contributed by atoms with Gasteiger partial charge in [-0.2, -0.15) is 25.3 Å². The van der Waals surface area contributed by atoms with Crippen molar-refractivity contribution in [3.05, 3.63) is 287 Å². The Kier molecular flexibility index (Phi) is 33.0. The van der Waals surface area contributed by atoms with Gasteiger partial charge in [-0.05, 0) is 57.2 Å². The number of aliphatic hydroxyl groups is 1. The summed E-state index contributed by atoms with van der Waals surface area (Å²) in [5, 5.41) is 10.4. The molecule has 0 fully saturated rings. The third kappa shape index (κ3) is 25.8. The molecule has 0 bridgehead atoms. The molecule has 0 aliphatic rings. The molecule has 0 radical (unpaired) electrons. The first-order valence-corrected chi connectivity index (χ1v) is 26.9. The van der Waals surface area contributed by atoms with Crippen molar-refractivity contribution in [2.75, 3.05) is 23.0 Å². The van der Waals surface area contributed by atoms with Crippen molar-refractivity contribution < 1.29 is 19.5 Å². The van der Waals surface area contributed by atoms with Gasteiger partial charge in [0.25, 0.3) is 0 Å². The van der Waals surface area contributed by atoms with Crippen LogP contribution >= 0.6 is 48.8 Å². The number of thioether (sulfide) groups is 2. The first-order chi connectivity index (χ1) is 35.0. The zero-order chi connectivity index (χ0) is 52.2. The van der Waals surface area contributed by atoms with Gasteiger partial charge in [-0.15, -0.1) is 23.5 Å². The van der Waals surface area contributed by atoms with Crippen molar-refractivity contribution in [3.63, 3.8) is 0 Å². The van der Waals surface area contributed by atoms with Crippen molar-refractivity contribution >= 4 is 66.4 Å². The molecule has 0 saturated heterocycles. The van der Waals surface area contributed by atoms with E-state index in [1.165, 1.54) is 33.4 Å². The summed E-state index contributed by atoms with van der Waals surface area (Å²) < 4.78 is 0. The zero-order valence-electron chi connectivity index (χ0n) is 42.0. The van der Waals surface area contributed by atoms with E-state index in [0.717, 1.165) is 16.9 Å². The maximum atomic E-state index is 11.2. The molecular weight excluding hydrogens is 979 g/mol. The van der Waals surface area contributed by atoms with Gasteiger partial charge in [-0.25, -0.2) is 0 Å². The van der Waals surface area contributed by atoms with E-state index in [4.69, 9.17) is 5.73 Å². The number of thiol groups is 2. The van der Waals surface area contributed by atoms with Crippen LogP contribution in [0.15, 0.2) is 243 Å². The number of hydrogen-bond acceptors (Lipinski definition) is 9. The molecule has 2 amide bonds. The molecule has 0 spiro atoms. The predicted molar refractivity (Wildman–Crippen MR) is 319 cm³/mol. The van der Waals surface area contributed by atoms with E-state index in [1.807, 2.05) is 140 Å². The second-order valence-electron chi connectivity index (χ2n) is 15.9. The Morgan fingerprint density at radius 1 is 0.425 bits per heavy atom. The normalized spacial score (nSPS) is 9.95. The molecule has 0 aliphatic heterocycles. The number of ketones is 1. The molecule has 11 heteroatoms. The van der Waals surface area contributed by atoms with E-state index in [0.29, 0.717) is 17.4 Å². The minimum absolute atomic E-state index is 0. The molecule has 8 aromatic rings. The summed E-state index contributed by atoms with van der Waals surface area (Å²) in [4.78, 5) is 31.7. The Morgan fingerprint density at radius 2 is 0.630 bits per heavy atom. The van der Waals surface area contributed by atoms with Gasteiger partial charge in [-0.3, -0.25) is 14.4 Å². The molecule has 8 aromatic carbocycles. The molecule has 0 unspecified atom stereocenters. The van der Waals surface area contributed by atoms with Gasteiger partial charge in [0.1, 0.15) is 11.9 Å². The van der Waals surface area contributed by atoms with Crippen molar-refractivity contribution in [1.82, 2.24) is 6.15 Å². The number of carbonyl (C=O) groups excluding carboxylic acids is 3. The van der Waals surface area contributed by atoms with Crippen LogP contribution in [0.3, 0.4) is 0 Å². The summed E-state index contributed by atoms with van der Waals surface area (Å²) in [6.07, 6.45) is -0.516. The molecule has 8 rings (SSSR count). The SMILES string of the molecule is CC(=O)CSC(c1ccccc1)c1ccccc1.CC(c1ccccc1)c1ccccc1.CCS.N.NC(=O)CS.NC(=O)CSC(c1ccccc1)c1ccccc1.OC(c1ccccc1)c1ccccc1. The van der Waals surface area contributed by atoms with E-state index < -0.39 is 6.10 Å². The number of Topliss-reactive ketones (excluding diaryl/α,β-unsaturated/α-hetero) is 1. The fourth-order valence-electron chi connectivity index (χ4n) is 6.79. The average Bonchev–Trinajstić information content (AvgIpc) is 3.43. The number of aliphatic hydroxyl groups excluding tert-OH is 1. The molecule has 7 nitrogen and oxygen atoms in total. The third-order valence-corrected chi connectivity index (χ3v) is 13.3. The number of benzene rings is 8. The lowest BCUT2D eigenvalue weighted by molar-refractivity contribution is -0.116. The second-order valence-corrected chi connectivity index (χ2v) is 19.0. The van der Waals surface area contributed by atoms with Gasteiger partial charge in [0.05, 0.1) is 27.8 Å². The van der Waals surface area contributed by atoms with Crippen LogP contribution in [0, 0.1) is 0 Å². The summed E-state index contributed by atoms with van der Waals surface area (Å²) in [5.41, 5.74) is 19.3. The third-order valence-electron chi connectivity index (χ3n) is 10.2. The highest BCUT2D eigenvalue weighted by atomic mass is 32.2. The largest absolute Gasteiger partial charge is 0.384 e. The topological polar surface area (TPSA) is 158 Å². The van der Waals surface area contributed by atoms with E-state index in [2.05, 4.69) is 147 Å². The van der Waals surface area contributed by atoms with Gasteiger partial charge in [0, 0.05) is 5.92 Å². The minimum atomic E-state index is -0.516. The van der Waals surface area contributed by atoms with Gasteiger partial charge >= 0.3 is 0 Å². The Morgan fingerprint density at radius 3 is 0.836 bits per heavy atom. The molecule has 382 valence electrons. The van der Waals surface area contributed by atoms with Gasteiger partial charge in [0.2, 0.25) is 11.8 Å². The summed E-state index contributed by atoms with van der Waals surface area (Å²) >= 11 is 10.6. The molecule has 0 aliphatic carbocycles. The van der Waals surface area contributed by atoms with Crippen LogP contribution in [0.2, 0.25) is 0 Å². The Labute approximate surface area is 454 Å². The summed E-state index contributed by atoms with van der Waals surface area (Å²) in [6, 6.07) is 81.5. The lowest BCUT2D eigenvalue weighted by Gasteiger charge is -2.16. The Hall–Kier alpha value is -6.31. The first-order valence-electron chi connectivity index (χ1n) is 23.6. The summed E-state index contributed by atoms with van der Waals surface area (Å²) in [7, 11) is 0. The zero-order valence-corrected chi connectivity index (χ0v) is 45.4. The van der Waals surface area contributed by atoms with Crippen LogP contribution in [-0.2, 0) is 14.4 Å². The molecule has 0 atom stereocenters. The van der Waals surface area contributed by atoms with E-state index >= 15 is 0 Å². The van der Waals surface area contributed by atoms with Crippen molar-refractivity contribution in [1.29, 1.82) is 0 Å². The number of hydrogen-bond donors (Lipinski definition) is 6. The molecule has 0 aromatic heterocycles. The van der Waals surface area contributed by atoms with Gasteiger partial charge in [-0.1, -0.05) is 257 Å². The summed E-state index contributed by atoms with van der Waals surface area (Å²) in [5.74, 6) is 2.00. The van der Waals surface area contributed by atoms with Crippen LogP contribution in [0.25, 0.3) is 0 Å². The van der Waals surface area contributed by atoms with Crippen LogP contribution in [0.4, 0.5) is 0 Å². The van der Waals surface area contributed by atoms with Gasteiger partial charge < -0.3 is 22.7 Å². The quantitative estimate of drug-likeness (QED) is 0.0558. The maximum Gasteiger partial charge on any atom is 0.227 e. The van der Waals surface area contributed by atoms with Crippen LogP contribution in [0.1, 0.15) is 87.8 Å². The Bertz CT molecular complexity index is 2290. The number of primary amides is 2. The van der Waals surface area contributed by atoms with Crippen LogP contribution in [-0.4, -0.2) is 45.7 Å². The van der Waals surface area contributed by atoms with E-state index in [9.17, 15) is 19.5 Å². The average molecular weight is 1050 g/mol. The van der Waals surface area contributed by atoms with E-state index in [1.54, 1.807) is 30.4 Å². The van der Waals surface area contributed by atoms with Crippen LogP contribution in [0.5, 0.6) is 0 Å². The number of carbonyl (C=O) groups is 3. The number of rotatable bonds is 15. The molecule has 8 N–H and O–H groups in total. The molecule has 0 heterocycles. The fraction of sp³-hybridized carbons (Fsp3) is 0.177. The fourth-order valence-corrected chi connectivity index (χ4v) is 8.92. The smallest absolute Gasteiger partial charge is 0.227 e. The monoisotopic (exact) mass is 1050 g/mol. The lowest BCUT2D eigenvalue weighted by Crippen LogP contribution is -2.14. The molecule has 0 saturated carbocycles. The highest BCUT2D eigenvalue weighted by molar-refractivity contribution is 8.00. The molecule has 73 heavy (non-hydrogen) atoms.